The van der Waals surface area contributed by atoms with Gasteiger partial charge in [-0.05, 0) is 76.1 Å². The van der Waals surface area contributed by atoms with Gasteiger partial charge in [0, 0.05) is 6.04 Å². The van der Waals surface area contributed by atoms with E-state index < -0.39 is 0 Å². The van der Waals surface area contributed by atoms with Crippen LogP contribution in [0.2, 0.25) is 0 Å². The first-order chi connectivity index (χ1) is 10.3. The van der Waals surface area contributed by atoms with Crippen LogP contribution in [0.3, 0.4) is 0 Å². The summed E-state index contributed by atoms with van der Waals surface area (Å²) in [6.45, 7) is 3.41. The molecular weight excluding hydrogens is 294 g/mol. The van der Waals surface area contributed by atoms with Crippen LogP contribution < -0.4 is 10.1 Å². The Morgan fingerprint density at radius 1 is 1.14 bits per heavy atom. The van der Waals surface area contributed by atoms with Gasteiger partial charge in [0.15, 0.2) is 0 Å². The molecule has 1 unspecified atom stereocenters. The summed E-state index contributed by atoms with van der Waals surface area (Å²) in [5.74, 6) is 0.936. The molecule has 0 fully saturated rings. The van der Waals surface area contributed by atoms with Crippen molar-refractivity contribution in [2.45, 2.75) is 57.9 Å². The minimum Gasteiger partial charge on any atom is -0.497 e. The zero-order valence-electron chi connectivity index (χ0n) is 13.9. The molecule has 0 amide bonds. The van der Waals surface area contributed by atoms with Crippen LogP contribution in [0.5, 0.6) is 5.75 Å². The lowest BCUT2D eigenvalue weighted by Gasteiger charge is -2.16. The van der Waals surface area contributed by atoms with Crippen LogP contribution in [0.25, 0.3) is 0 Å². The smallest absolute Gasteiger partial charge is 0.118 e. The van der Waals surface area contributed by atoms with Gasteiger partial charge in [0.2, 0.25) is 0 Å². The molecule has 1 N–H and O–H groups in total. The zero-order valence-corrected chi connectivity index (χ0v) is 14.8. The Morgan fingerprint density at radius 2 is 1.91 bits per heavy atom. The standard InChI is InChI=1S/C19H29NO.ClH/c1-16(20-15-14-17-6-4-3-5-7-17)8-9-18-10-12-19(21-2)13-11-18;/h6,10-13,16,20H,3-5,7-9,14-15H2,1-2H3;1H. The summed E-state index contributed by atoms with van der Waals surface area (Å²) >= 11 is 0. The van der Waals surface area contributed by atoms with Crippen molar-refractivity contribution in [1.29, 1.82) is 0 Å². The normalized spacial score (nSPS) is 15.6. The Kier molecular flexibility index (Phi) is 9.26. The number of nitrogens with one attached hydrogen (secondary N) is 1. The van der Waals surface area contributed by atoms with E-state index in [0.717, 1.165) is 18.7 Å². The van der Waals surface area contributed by atoms with Crippen molar-refractivity contribution in [3.8, 4) is 5.75 Å². The molecule has 0 saturated heterocycles. The highest BCUT2D eigenvalue weighted by atomic mass is 35.5. The summed E-state index contributed by atoms with van der Waals surface area (Å²) in [5.41, 5.74) is 3.05. The predicted octanol–water partition coefficient (Wildman–Crippen LogP) is 4.92. The second-order valence-electron chi connectivity index (χ2n) is 6.10. The van der Waals surface area contributed by atoms with Crippen molar-refractivity contribution in [3.05, 3.63) is 41.5 Å². The molecule has 1 aliphatic carbocycles. The largest absolute Gasteiger partial charge is 0.497 e. The molecule has 0 aromatic heterocycles. The van der Waals surface area contributed by atoms with Crippen LogP contribution in [-0.2, 0) is 6.42 Å². The number of hydrogen-bond acceptors (Lipinski definition) is 2. The van der Waals surface area contributed by atoms with Gasteiger partial charge in [-0.2, -0.15) is 0 Å². The molecule has 124 valence electrons. The summed E-state index contributed by atoms with van der Waals surface area (Å²) in [6.07, 6.45) is 11.4. The fourth-order valence-electron chi connectivity index (χ4n) is 2.89. The molecule has 3 heteroatoms. The van der Waals surface area contributed by atoms with E-state index in [4.69, 9.17) is 4.74 Å². The maximum Gasteiger partial charge on any atom is 0.118 e. The van der Waals surface area contributed by atoms with Gasteiger partial charge in [-0.1, -0.05) is 23.8 Å². The summed E-state index contributed by atoms with van der Waals surface area (Å²) < 4.78 is 5.19. The molecule has 2 rings (SSSR count). The van der Waals surface area contributed by atoms with E-state index in [1.54, 1.807) is 12.7 Å². The molecular formula is C19H30ClNO. The number of methoxy groups -OCH3 is 1. The van der Waals surface area contributed by atoms with E-state index in [1.165, 1.54) is 44.1 Å². The average Bonchev–Trinajstić information content (AvgIpc) is 2.54. The molecule has 22 heavy (non-hydrogen) atoms. The lowest BCUT2D eigenvalue weighted by molar-refractivity contribution is 0.414. The van der Waals surface area contributed by atoms with Crippen LogP contribution in [0, 0.1) is 0 Å². The third-order valence-electron chi connectivity index (χ3n) is 4.35. The summed E-state index contributed by atoms with van der Waals surface area (Å²) in [6, 6.07) is 9.00. The van der Waals surface area contributed by atoms with Crippen LogP contribution in [0.15, 0.2) is 35.9 Å². The highest BCUT2D eigenvalue weighted by Crippen LogP contribution is 2.19. The highest BCUT2D eigenvalue weighted by molar-refractivity contribution is 5.85. The van der Waals surface area contributed by atoms with E-state index >= 15 is 0 Å². The van der Waals surface area contributed by atoms with Crippen molar-refractivity contribution in [3.63, 3.8) is 0 Å². The van der Waals surface area contributed by atoms with Gasteiger partial charge in [0.1, 0.15) is 5.75 Å². The van der Waals surface area contributed by atoms with E-state index in [2.05, 4.69) is 30.4 Å². The van der Waals surface area contributed by atoms with Gasteiger partial charge < -0.3 is 10.1 Å². The molecule has 0 bridgehead atoms. The van der Waals surface area contributed by atoms with Crippen LogP contribution in [0.4, 0.5) is 0 Å². The highest BCUT2D eigenvalue weighted by Gasteiger charge is 2.05. The number of allylic oxidation sites excluding steroid dienone is 1. The van der Waals surface area contributed by atoms with Gasteiger partial charge >= 0.3 is 0 Å². The quantitative estimate of drug-likeness (QED) is 0.686. The fraction of sp³-hybridized carbons (Fsp3) is 0.579. The molecule has 0 aliphatic heterocycles. The maximum absolute atomic E-state index is 5.19. The fourth-order valence-corrected chi connectivity index (χ4v) is 2.89. The van der Waals surface area contributed by atoms with Crippen LogP contribution >= 0.6 is 12.4 Å². The number of ether oxygens (including phenoxy) is 1. The van der Waals surface area contributed by atoms with Gasteiger partial charge in [0.25, 0.3) is 0 Å². The molecule has 0 radical (unpaired) electrons. The Hall–Kier alpha value is -0.990. The van der Waals surface area contributed by atoms with Gasteiger partial charge in [-0.25, -0.2) is 0 Å². The van der Waals surface area contributed by atoms with Crippen LogP contribution in [0.1, 0.15) is 51.0 Å². The minimum atomic E-state index is 0. The lowest BCUT2D eigenvalue weighted by Crippen LogP contribution is -2.27. The number of aryl methyl sites for hydroxylation is 1. The third-order valence-corrected chi connectivity index (χ3v) is 4.35. The Morgan fingerprint density at radius 3 is 2.55 bits per heavy atom. The first-order valence-corrected chi connectivity index (χ1v) is 8.32. The van der Waals surface area contributed by atoms with Crippen LogP contribution in [-0.4, -0.2) is 19.7 Å². The topological polar surface area (TPSA) is 21.3 Å². The first-order valence-electron chi connectivity index (χ1n) is 8.32. The van der Waals surface area contributed by atoms with Gasteiger partial charge in [-0.3, -0.25) is 0 Å². The van der Waals surface area contributed by atoms with E-state index in [9.17, 15) is 0 Å². The zero-order chi connectivity index (χ0) is 14.9. The van der Waals surface area contributed by atoms with Crippen molar-refractivity contribution < 1.29 is 4.74 Å². The van der Waals surface area contributed by atoms with E-state index in [0.29, 0.717) is 6.04 Å². The number of rotatable bonds is 8. The number of halogens is 1. The molecule has 2 nitrogen and oxygen atoms in total. The van der Waals surface area contributed by atoms with Gasteiger partial charge in [0.05, 0.1) is 7.11 Å². The molecule has 1 atom stereocenters. The molecule has 0 saturated carbocycles. The Labute approximate surface area is 141 Å². The monoisotopic (exact) mass is 323 g/mol. The van der Waals surface area contributed by atoms with E-state index in [-0.39, 0.29) is 12.4 Å². The molecule has 1 aromatic rings. The second-order valence-corrected chi connectivity index (χ2v) is 6.10. The summed E-state index contributed by atoms with van der Waals surface area (Å²) in [7, 11) is 1.71. The lowest BCUT2D eigenvalue weighted by atomic mass is 9.97. The van der Waals surface area contributed by atoms with Crippen molar-refractivity contribution in [1.82, 2.24) is 5.32 Å². The number of benzene rings is 1. The summed E-state index contributed by atoms with van der Waals surface area (Å²) in [4.78, 5) is 0. The summed E-state index contributed by atoms with van der Waals surface area (Å²) in [5, 5.41) is 3.66. The average molecular weight is 324 g/mol. The first kappa shape index (κ1) is 19.1. The number of hydrogen-bond donors (Lipinski definition) is 1. The maximum atomic E-state index is 5.19. The minimum absolute atomic E-state index is 0. The predicted molar refractivity (Wildman–Crippen MR) is 97.2 cm³/mol. The van der Waals surface area contributed by atoms with Crippen molar-refractivity contribution >= 4 is 12.4 Å². The molecule has 1 aliphatic rings. The Bertz CT molecular complexity index is 441. The SMILES string of the molecule is COc1ccc(CCC(C)NCCC2=CCCCC2)cc1.Cl. The van der Waals surface area contributed by atoms with E-state index in [1.807, 2.05) is 12.1 Å². The molecule has 1 aromatic carbocycles. The van der Waals surface area contributed by atoms with Crippen molar-refractivity contribution in [2.75, 3.05) is 13.7 Å². The second kappa shape index (κ2) is 10.7. The molecule has 0 spiro atoms. The third kappa shape index (κ3) is 6.85. The Balaban J connectivity index is 0.00000242. The molecule has 0 heterocycles. The van der Waals surface area contributed by atoms with Gasteiger partial charge in [-0.15, -0.1) is 12.4 Å². The van der Waals surface area contributed by atoms with Crippen molar-refractivity contribution in [2.24, 2.45) is 0 Å².